The topological polar surface area (TPSA) is 52.3 Å². The van der Waals surface area contributed by atoms with Gasteiger partial charge in [0, 0.05) is 5.69 Å². The van der Waals surface area contributed by atoms with E-state index < -0.39 is 5.60 Å². The number of ether oxygens (including phenoxy) is 1. The highest BCUT2D eigenvalue weighted by Gasteiger charge is 2.22. The fraction of sp³-hybridized carbons (Fsp3) is 0.278. The molecule has 0 fully saturated rings. The number of anilines is 1. The van der Waals surface area contributed by atoms with Gasteiger partial charge in [0.05, 0.1) is 5.56 Å². The molecule has 3 heteroatoms. The number of carbonyl (C=O) groups excluding carboxylic acids is 1. The van der Waals surface area contributed by atoms with Crippen molar-refractivity contribution in [3.63, 3.8) is 0 Å². The zero-order valence-electron chi connectivity index (χ0n) is 12.9. The number of hydrogen-bond acceptors (Lipinski definition) is 3. The highest BCUT2D eigenvalue weighted by atomic mass is 16.6. The van der Waals surface area contributed by atoms with Crippen LogP contribution in [0.4, 0.5) is 5.69 Å². The molecule has 0 radical (unpaired) electrons. The number of hydrogen-bond donors (Lipinski definition) is 1. The predicted molar refractivity (Wildman–Crippen MR) is 86.2 cm³/mol. The Labute approximate surface area is 125 Å². The van der Waals surface area contributed by atoms with Crippen LogP contribution in [0.25, 0.3) is 11.1 Å². The van der Waals surface area contributed by atoms with Gasteiger partial charge in [-0.2, -0.15) is 0 Å². The second kappa shape index (κ2) is 5.60. The smallest absolute Gasteiger partial charge is 0.339 e. The van der Waals surface area contributed by atoms with Crippen LogP contribution < -0.4 is 5.73 Å². The van der Waals surface area contributed by atoms with E-state index in [1.165, 1.54) is 0 Å². The van der Waals surface area contributed by atoms with Gasteiger partial charge in [-0.3, -0.25) is 0 Å². The highest BCUT2D eigenvalue weighted by Crippen LogP contribution is 2.28. The number of nitrogen functional groups attached to an aromatic ring is 1. The summed E-state index contributed by atoms with van der Waals surface area (Å²) in [7, 11) is 0. The first-order chi connectivity index (χ1) is 9.78. The van der Waals surface area contributed by atoms with Crippen LogP contribution in [-0.4, -0.2) is 11.6 Å². The molecule has 0 unspecified atom stereocenters. The second-order valence-electron chi connectivity index (χ2n) is 6.12. The third-order valence-electron chi connectivity index (χ3n) is 3.10. The van der Waals surface area contributed by atoms with E-state index in [-0.39, 0.29) is 5.97 Å². The van der Waals surface area contributed by atoms with Gasteiger partial charge in [-0.25, -0.2) is 4.79 Å². The van der Waals surface area contributed by atoms with Crippen LogP contribution in [0.5, 0.6) is 0 Å². The van der Waals surface area contributed by atoms with Gasteiger partial charge in [0.15, 0.2) is 0 Å². The summed E-state index contributed by atoms with van der Waals surface area (Å²) in [6, 6.07) is 13.3. The molecule has 2 N–H and O–H groups in total. The van der Waals surface area contributed by atoms with Crippen molar-refractivity contribution in [1.29, 1.82) is 0 Å². The van der Waals surface area contributed by atoms with Crippen molar-refractivity contribution in [2.75, 3.05) is 5.73 Å². The van der Waals surface area contributed by atoms with Crippen molar-refractivity contribution in [2.24, 2.45) is 0 Å². The van der Waals surface area contributed by atoms with E-state index >= 15 is 0 Å². The fourth-order valence-electron chi connectivity index (χ4n) is 2.17. The second-order valence-corrected chi connectivity index (χ2v) is 6.12. The molecule has 0 amide bonds. The third-order valence-corrected chi connectivity index (χ3v) is 3.10. The van der Waals surface area contributed by atoms with E-state index in [2.05, 4.69) is 0 Å². The lowest BCUT2D eigenvalue weighted by Gasteiger charge is -2.21. The summed E-state index contributed by atoms with van der Waals surface area (Å²) in [5.74, 6) is -0.299. The first-order valence-electron chi connectivity index (χ1n) is 6.97. The number of carbonyl (C=O) groups is 1. The molecule has 0 spiro atoms. The molecular formula is C18H21NO2. The molecule has 110 valence electrons. The summed E-state index contributed by atoms with van der Waals surface area (Å²) < 4.78 is 5.53. The average molecular weight is 283 g/mol. The average Bonchev–Trinajstić information content (AvgIpc) is 2.37. The Bertz CT molecular complexity index is 652. The van der Waals surface area contributed by atoms with Gasteiger partial charge in [0.2, 0.25) is 0 Å². The molecular weight excluding hydrogens is 262 g/mol. The molecule has 0 aromatic heterocycles. The minimum Gasteiger partial charge on any atom is -0.456 e. The number of aryl methyl sites for hydroxylation is 1. The maximum absolute atomic E-state index is 12.5. The molecule has 0 bridgehead atoms. The van der Waals surface area contributed by atoms with Gasteiger partial charge in [-0.05, 0) is 56.5 Å². The molecule has 2 rings (SSSR count). The van der Waals surface area contributed by atoms with Gasteiger partial charge in [-0.15, -0.1) is 0 Å². The number of nitrogens with two attached hydrogens (primary N) is 1. The van der Waals surface area contributed by atoms with Gasteiger partial charge in [0.25, 0.3) is 0 Å². The fourth-order valence-corrected chi connectivity index (χ4v) is 2.17. The van der Waals surface area contributed by atoms with Crippen LogP contribution in [0.15, 0.2) is 42.5 Å². The standard InChI is InChI=1S/C18H21NO2/c1-12-6-5-7-15(13-8-10-14(19)11-9-13)16(12)17(20)21-18(2,3)4/h5-11H,19H2,1-4H3. The van der Waals surface area contributed by atoms with Gasteiger partial charge >= 0.3 is 5.97 Å². The molecule has 0 atom stereocenters. The first-order valence-corrected chi connectivity index (χ1v) is 6.97. The van der Waals surface area contributed by atoms with Crippen LogP contribution >= 0.6 is 0 Å². The van der Waals surface area contributed by atoms with Crippen LogP contribution in [0, 0.1) is 6.92 Å². The zero-order valence-corrected chi connectivity index (χ0v) is 12.9. The van der Waals surface area contributed by atoms with E-state index in [0.717, 1.165) is 16.7 Å². The summed E-state index contributed by atoms with van der Waals surface area (Å²) in [5, 5.41) is 0. The highest BCUT2D eigenvalue weighted by molar-refractivity contribution is 5.99. The van der Waals surface area contributed by atoms with Crippen molar-refractivity contribution < 1.29 is 9.53 Å². The summed E-state index contributed by atoms with van der Waals surface area (Å²) in [6.07, 6.45) is 0. The maximum atomic E-state index is 12.5. The molecule has 0 aliphatic carbocycles. The zero-order chi connectivity index (χ0) is 15.6. The Morgan fingerprint density at radius 3 is 2.24 bits per heavy atom. The third kappa shape index (κ3) is 3.63. The van der Waals surface area contributed by atoms with E-state index in [9.17, 15) is 4.79 Å². The minimum atomic E-state index is -0.516. The van der Waals surface area contributed by atoms with Crippen LogP contribution in [-0.2, 0) is 4.74 Å². The minimum absolute atomic E-state index is 0.299. The Morgan fingerprint density at radius 1 is 1.05 bits per heavy atom. The van der Waals surface area contributed by atoms with Crippen LogP contribution in [0.1, 0.15) is 36.7 Å². The lowest BCUT2D eigenvalue weighted by Crippen LogP contribution is -2.24. The quantitative estimate of drug-likeness (QED) is 0.664. The monoisotopic (exact) mass is 283 g/mol. The molecule has 0 saturated heterocycles. The van der Waals surface area contributed by atoms with Crippen LogP contribution in [0.3, 0.4) is 0 Å². The molecule has 21 heavy (non-hydrogen) atoms. The van der Waals surface area contributed by atoms with E-state index in [1.807, 2.05) is 70.2 Å². The lowest BCUT2D eigenvalue weighted by atomic mass is 9.95. The van der Waals surface area contributed by atoms with Crippen LogP contribution in [0.2, 0.25) is 0 Å². The van der Waals surface area contributed by atoms with E-state index in [1.54, 1.807) is 0 Å². The largest absolute Gasteiger partial charge is 0.456 e. The molecule has 2 aromatic carbocycles. The van der Waals surface area contributed by atoms with Gasteiger partial charge in [-0.1, -0.05) is 30.3 Å². The Kier molecular flexibility index (Phi) is 4.03. The number of esters is 1. The normalized spacial score (nSPS) is 11.2. The summed E-state index contributed by atoms with van der Waals surface area (Å²) in [5.41, 5.74) is 9.23. The van der Waals surface area contributed by atoms with Crippen molar-refractivity contribution >= 4 is 11.7 Å². The molecule has 0 saturated carbocycles. The summed E-state index contributed by atoms with van der Waals surface area (Å²) >= 11 is 0. The molecule has 2 aromatic rings. The Morgan fingerprint density at radius 2 is 1.67 bits per heavy atom. The molecule has 0 aliphatic rings. The Balaban J connectivity index is 2.50. The number of benzene rings is 2. The van der Waals surface area contributed by atoms with Crippen molar-refractivity contribution in [3.8, 4) is 11.1 Å². The predicted octanol–water partition coefficient (Wildman–Crippen LogP) is 4.20. The first kappa shape index (κ1) is 15.1. The Hall–Kier alpha value is -2.29. The van der Waals surface area contributed by atoms with Gasteiger partial charge in [0.1, 0.15) is 5.60 Å². The lowest BCUT2D eigenvalue weighted by molar-refractivity contribution is 0.00697. The van der Waals surface area contributed by atoms with Gasteiger partial charge < -0.3 is 10.5 Å². The number of rotatable bonds is 2. The SMILES string of the molecule is Cc1cccc(-c2ccc(N)cc2)c1C(=O)OC(C)(C)C. The molecule has 3 nitrogen and oxygen atoms in total. The van der Waals surface area contributed by atoms with Crippen molar-refractivity contribution in [3.05, 3.63) is 53.6 Å². The summed E-state index contributed by atoms with van der Waals surface area (Å²) in [6.45, 7) is 7.52. The molecule has 0 aliphatic heterocycles. The summed E-state index contributed by atoms with van der Waals surface area (Å²) in [4.78, 5) is 12.5. The van der Waals surface area contributed by atoms with Crippen molar-refractivity contribution in [2.45, 2.75) is 33.3 Å². The van der Waals surface area contributed by atoms with E-state index in [0.29, 0.717) is 11.3 Å². The van der Waals surface area contributed by atoms with E-state index in [4.69, 9.17) is 10.5 Å². The molecule has 0 heterocycles. The van der Waals surface area contributed by atoms with Crippen molar-refractivity contribution in [1.82, 2.24) is 0 Å². The maximum Gasteiger partial charge on any atom is 0.339 e.